The highest BCUT2D eigenvalue weighted by molar-refractivity contribution is 7.89. The lowest BCUT2D eigenvalue weighted by Crippen LogP contribution is -2.54. The molecule has 1 aromatic heterocycles. The predicted molar refractivity (Wildman–Crippen MR) is 107 cm³/mol. The van der Waals surface area contributed by atoms with Gasteiger partial charge in [-0.1, -0.05) is 35.5 Å². The second-order valence-corrected chi connectivity index (χ2v) is 9.46. The number of hydrogen-bond acceptors (Lipinski definition) is 5. The normalized spacial score (nSPS) is 20.8. The number of hydrogen-bond donors (Lipinski definition) is 1. The summed E-state index contributed by atoms with van der Waals surface area (Å²) in [5, 5.41) is 7.02. The molecule has 152 valence electrons. The SMILES string of the molecule is CCNC(=O)[C@@]1(Cc2cc(-c3ccccc3)no2)CCCN(S(=O)(=O)CC)C1. The molecule has 7 nitrogen and oxygen atoms in total. The van der Waals surface area contributed by atoms with Crippen molar-refractivity contribution in [3.05, 3.63) is 42.2 Å². The van der Waals surface area contributed by atoms with Crippen LogP contribution in [0.1, 0.15) is 32.4 Å². The molecule has 1 N–H and O–H groups in total. The minimum absolute atomic E-state index is 0.0267. The van der Waals surface area contributed by atoms with Gasteiger partial charge in [-0.05, 0) is 26.7 Å². The quantitative estimate of drug-likeness (QED) is 0.764. The fourth-order valence-corrected chi connectivity index (χ4v) is 4.96. The van der Waals surface area contributed by atoms with Crippen molar-refractivity contribution in [3.8, 4) is 11.3 Å². The summed E-state index contributed by atoms with van der Waals surface area (Å²) >= 11 is 0. The van der Waals surface area contributed by atoms with Gasteiger partial charge < -0.3 is 9.84 Å². The summed E-state index contributed by atoms with van der Waals surface area (Å²) < 4.78 is 31.8. The lowest BCUT2D eigenvalue weighted by atomic mass is 9.76. The molecule has 2 aromatic rings. The number of benzene rings is 1. The van der Waals surface area contributed by atoms with Crippen molar-refractivity contribution in [2.75, 3.05) is 25.4 Å². The first-order valence-corrected chi connectivity index (χ1v) is 11.3. The smallest absolute Gasteiger partial charge is 0.228 e. The van der Waals surface area contributed by atoms with E-state index in [0.29, 0.717) is 43.8 Å². The maximum absolute atomic E-state index is 13.0. The van der Waals surface area contributed by atoms with Crippen molar-refractivity contribution < 1.29 is 17.7 Å². The van der Waals surface area contributed by atoms with Gasteiger partial charge in [0.05, 0.1) is 11.2 Å². The molecule has 8 heteroatoms. The first-order chi connectivity index (χ1) is 13.4. The van der Waals surface area contributed by atoms with E-state index in [4.69, 9.17) is 4.52 Å². The summed E-state index contributed by atoms with van der Waals surface area (Å²) in [7, 11) is -3.36. The van der Waals surface area contributed by atoms with E-state index in [9.17, 15) is 13.2 Å². The average molecular weight is 406 g/mol. The van der Waals surface area contributed by atoms with Crippen LogP contribution in [0.5, 0.6) is 0 Å². The minimum Gasteiger partial charge on any atom is -0.361 e. The predicted octanol–water partition coefficient (Wildman–Crippen LogP) is 2.45. The molecular weight excluding hydrogens is 378 g/mol. The number of nitrogens with one attached hydrogen (secondary N) is 1. The summed E-state index contributed by atoms with van der Waals surface area (Å²) in [4.78, 5) is 13.0. The molecule has 28 heavy (non-hydrogen) atoms. The van der Waals surface area contributed by atoms with E-state index < -0.39 is 15.4 Å². The van der Waals surface area contributed by atoms with Crippen LogP contribution in [-0.2, 0) is 21.2 Å². The van der Waals surface area contributed by atoms with Crippen molar-refractivity contribution in [3.63, 3.8) is 0 Å². The van der Waals surface area contributed by atoms with Crippen LogP contribution in [0.15, 0.2) is 40.9 Å². The molecule has 1 atom stereocenters. The van der Waals surface area contributed by atoms with Gasteiger partial charge >= 0.3 is 0 Å². The highest BCUT2D eigenvalue weighted by atomic mass is 32.2. The Balaban J connectivity index is 1.89. The Morgan fingerprint density at radius 1 is 1.29 bits per heavy atom. The number of sulfonamides is 1. The van der Waals surface area contributed by atoms with Gasteiger partial charge in [0.25, 0.3) is 0 Å². The van der Waals surface area contributed by atoms with Crippen molar-refractivity contribution in [1.82, 2.24) is 14.8 Å². The van der Waals surface area contributed by atoms with Crippen molar-refractivity contribution in [2.45, 2.75) is 33.1 Å². The highest BCUT2D eigenvalue weighted by Gasteiger charge is 2.45. The molecule has 1 amide bonds. The van der Waals surface area contributed by atoms with Crippen LogP contribution in [-0.4, -0.2) is 49.2 Å². The average Bonchev–Trinajstić information content (AvgIpc) is 3.17. The standard InChI is InChI=1S/C20H27N3O4S/c1-3-21-19(24)20(11-8-12-23(15-20)28(25,26)4-2)14-17-13-18(22-27-17)16-9-6-5-7-10-16/h5-7,9-10,13H,3-4,8,11-12,14-15H2,1-2H3,(H,21,24)/t20-/m1/s1. The van der Waals surface area contributed by atoms with Crippen LogP contribution in [0.25, 0.3) is 11.3 Å². The highest BCUT2D eigenvalue weighted by Crippen LogP contribution is 2.36. The second-order valence-electron chi connectivity index (χ2n) is 7.20. The van der Waals surface area contributed by atoms with E-state index in [2.05, 4.69) is 10.5 Å². The van der Waals surface area contributed by atoms with Gasteiger partial charge in [-0.25, -0.2) is 12.7 Å². The number of carbonyl (C=O) groups is 1. The van der Waals surface area contributed by atoms with Gasteiger partial charge in [0, 0.05) is 37.7 Å². The first-order valence-electron chi connectivity index (χ1n) is 9.67. The Bertz CT molecular complexity index is 911. The van der Waals surface area contributed by atoms with E-state index >= 15 is 0 Å². The summed E-state index contributed by atoms with van der Waals surface area (Å²) in [6, 6.07) is 11.5. The molecule has 0 unspecified atom stereocenters. The molecule has 0 bridgehead atoms. The number of amides is 1. The Hall–Kier alpha value is -2.19. The second kappa shape index (κ2) is 8.45. The van der Waals surface area contributed by atoms with Crippen LogP contribution in [0, 0.1) is 5.41 Å². The fourth-order valence-electron chi connectivity index (χ4n) is 3.74. The van der Waals surface area contributed by atoms with Gasteiger partial charge in [-0.3, -0.25) is 4.79 Å². The Kier molecular flexibility index (Phi) is 6.20. The number of nitrogens with zero attached hydrogens (tertiary/aromatic N) is 2. The summed E-state index contributed by atoms with van der Waals surface area (Å²) in [6.07, 6.45) is 1.56. The molecular formula is C20H27N3O4S. The lowest BCUT2D eigenvalue weighted by molar-refractivity contribution is -0.133. The van der Waals surface area contributed by atoms with Gasteiger partial charge in [0.15, 0.2) is 0 Å². The van der Waals surface area contributed by atoms with E-state index in [1.165, 1.54) is 4.31 Å². The van der Waals surface area contributed by atoms with E-state index in [1.807, 2.05) is 43.3 Å². The third-order valence-electron chi connectivity index (χ3n) is 5.26. The van der Waals surface area contributed by atoms with Gasteiger partial charge in [0.1, 0.15) is 11.5 Å². The number of aromatic nitrogens is 1. The zero-order chi connectivity index (χ0) is 20.2. The molecule has 1 aliphatic rings. The zero-order valence-electron chi connectivity index (χ0n) is 16.3. The van der Waals surface area contributed by atoms with E-state index in [-0.39, 0.29) is 18.2 Å². The fraction of sp³-hybridized carbons (Fsp3) is 0.500. The molecule has 2 heterocycles. The van der Waals surface area contributed by atoms with E-state index in [0.717, 1.165) is 5.56 Å². The van der Waals surface area contributed by atoms with Crippen LogP contribution in [0.4, 0.5) is 0 Å². The summed E-state index contributed by atoms with van der Waals surface area (Å²) in [5.41, 5.74) is 0.781. The van der Waals surface area contributed by atoms with Gasteiger partial charge in [-0.2, -0.15) is 0 Å². The molecule has 1 saturated heterocycles. The largest absolute Gasteiger partial charge is 0.361 e. The summed E-state index contributed by atoms with van der Waals surface area (Å²) in [5.74, 6) is 0.475. The molecule has 0 aliphatic carbocycles. The Morgan fingerprint density at radius 2 is 2.04 bits per heavy atom. The topological polar surface area (TPSA) is 92.5 Å². The lowest BCUT2D eigenvalue weighted by Gasteiger charge is -2.40. The van der Waals surface area contributed by atoms with Crippen LogP contribution < -0.4 is 5.32 Å². The van der Waals surface area contributed by atoms with Crippen LogP contribution >= 0.6 is 0 Å². The minimum atomic E-state index is -3.36. The van der Waals surface area contributed by atoms with E-state index in [1.54, 1.807) is 6.92 Å². The van der Waals surface area contributed by atoms with Gasteiger partial charge in [0.2, 0.25) is 15.9 Å². The molecule has 1 aliphatic heterocycles. The zero-order valence-corrected chi connectivity index (χ0v) is 17.2. The van der Waals surface area contributed by atoms with Crippen molar-refractivity contribution >= 4 is 15.9 Å². The Labute approximate surface area is 166 Å². The maximum Gasteiger partial charge on any atom is 0.228 e. The maximum atomic E-state index is 13.0. The van der Waals surface area contributed by atoms with Crippen molar-refractivity contribution in [2.24, 2.45) is 5.41 Å². The Morgan fingerprint density at radius 3 is 2.71 bits per heavy atom. The van der Waals surface area contributed by atoms with Crippen LogP contribution in [0.3, 0.4) is 0 Å². The summed E-state index contributed by atoms with van der Waals surface area (Å²) in [6.45, 7) is 4.59. The molecule has 1 aromatic carbocycles. The molecule has 1 fully saturated rings. The first kappa shape index (κ1) is 20.5. The number of piperidine rings is 1. The van der Waals surface area contributed by atoms with Crippen molar-refractivity contribution in [1.29, 1.82) is 0 Å². The number of carbonyl (C=O) groups excluding carboxylic acids is 1. The number of rotatable bonds is 7. The van der Waals surface area contributed by atoms with Gasteiger partial charge in [-0.15, -0.1) is 0 Å². The molecule has 0 saturated carbocycles. The molecule has 0 spiro atoms. The molecule has 0 radical (unpaired) electrons. The third-order valence-corrected chi connectivity index (χ3v) is 7.09. The molecule has 3 rings (SSSR count). The van der Waals surface area contributed by atoms with Crippen LogP contribution in [0.2, 0.25) is 0 Å². The third kappa shape index (κ3) is 4.28. The monoisotopic (exact) mass is 405 g/mol.